The zero-order valence-electron chi connectivity index (χ0n) is 20.5. The van der Waals surface area contributed by atoms with E-state index in [9.17, 15) is 27.0 Å². The third-order valence-electron chi connectivity index (χ3n) is 7.10. The first-order valence-electron chi connectivity index (χ1n) is 11.9. The summed E-state index contributed by atoms with van der Waals surface area (Å²) >= 11 is 0. The predicted molar refractivity (Wildman–Crippen MR) is 126 cm³/mol. The molecule has 1 N–H and O–H groups in total. The fourth-order valence-electron chi connectivity index (χ4n) is 5.36. The summed E-state index contributed by atoms with van der Waals surface area (Å²) in [6.07, 6.45) is 3.19. The molecule has 0 aromatic heterocycles. The summed E-state index contributed by atoms with van der Waals surface area (Å²) in [5.41, 5.74) is 0.0833. The first-order chi connectivity index (χ1) is 15.8. The van der Waals surface area contributed by atoms with Gasteiger partial charge in [0.2, 0.25) is 11.8 Å². The molecule has 2 aliphatic rings. The number of hydrogen-bond acceptors (Lipinski definition) is 3. The highest BCUT2D eigenvalue weighted by Gasteiger charge is 2.46. The molecule has 2 aliphatic heterocycles. The minimum Gasteiger partial charge on any atom is -0.345 e. The molecule has 190 valence electrons. The Balaban J connectivity index is 1.82. The molecular formula is C25H35F3N2O3S. The van der Waals surface area contributed by atoms with Gasteiger partial charge in [0.25, 0.3) is 0 Å². The first-order valence-corrected chi connectivity index (χ1v) is 13.2. The molecule has 1 unspecified atom stereocenters. The molecule has 1 aromatic rings. The first kappa shape index (κ1) is 26.7. The summed E-state index contributed by atoms with van der Waals surface area (Å²) in [5, 5.41) is 2.66. The summed E-state index contributed by atoms with van der Waals surface area (Å²) in [6.45, 7) is 8.70. The van der Waals surface area contributed by atoms with Crippen LogP contribution in [0.15, 0.2) is 12.1 Å². The van der Waals surface area contributed by atoms with Gasteiger partial charge in [0.15, 0.2) is 11.6 Å². The normalized spacial score (nSPS) is 25.1. The molecule has 2 fully saturated rings. The highest BCUT2D eigenvalue weighted by Crippen LogP contribution is 2.43. The van der Waals surface area contributed by atoms with Gasteiger partial charge in [-0.1, -0.05) is 0 Å². The molecule has 0 saturated carbocycles. The van der Waals surface area contributed by atoms with Gasteiger partial charge in [0.1, 0.15) is 11.9 Å². The summed E-state index contributed by atoms with van der Waals surface area (Å²) in [4.78, 5) is 26.3. The second kappa shape index (κ2) is 10.4. The van der Waals surface area contributed by atoms with E-state index < -0.39 is 39.0 Å². The fourth-order valence-corrected chi connectivity index (χ4v) is 6.64. The second-order valence-electron chi connectivity index (χ2n) is 10.7. The average Bonchev–Trinajstić information content (AvgIpc) is 2.98. The molecule has 1 aromatic carbocycles. The maximum absolute atomic E-state index is 14.5. The zero-order valence-corrected chi connectivity index (χ0v) is 21.3. The van der Waals surface area contributed by atoms with Crippen LogP contribution in [0.4, 0.5) is 13.2 Å². The van der Waals surface area contributed by atoms with Crippen molar-refractivity contribution in [2.24, 2.45) is 11.8 Å². The SMILES string of the molecule is CC(=O)N[C@@H](C)C(=O)N1[C@@H]2CC[C@H]1CC([C@@H](Cc1cc(F)c(F)cc1F)C[S@@](=O)C(C)(C)C)C2. The molecule has 34 heavy (non-hydrogen) atoms. The van der Waals surface area contributed by atoms with Crippen molar-refractivity contribution in [3.63, 3.8) is 0 Å². The molecule has 0 radical (unpaired) electrons. The Bertz CT molecular complexity index is 951. The van der Waals surface area contributed by atoms with Crippen LogP contribution in [-0.4, -0.2) is 49.5 Å². The van der Waals surface area contributed by atoms with E-state index in [0.717, 1.165) is 18.9 Å². The van der Waals surface area contributed by atoms with Crippen LogP contribution < -0.4 is 5.32 Å². The molecule has 0 aliphatic carbocycles. The molecule has 2 bridgehead atoms. The Morgan fingerprint density at radius 3 is 2.18 bits per heavy atom. The van der Waals surface area contributed by atoms with Crippen LogP contribution in [0.3, 0.4) is 0 Å². The largest absolute Gasteiger partial charge is 0.345 e. The standard InChI is InChI=1S/C25H35F3N2O3S/c1-14(29-15(2)31)24(32)30-19-6-7-20(30)10-16(9-19)18(13-34(33)25(3,4)5)8-17-11-22(27)23(28)12-21(17)26/h11-12,14,16,18-20H,6-10,13H2,1-5H3,(H,29,31)/t14-,16?,18-,19-,20+,34+/m0/s1. The number of rotatable bonds is 7. The minimum atomic E-state index is -1.23. The highest BCUT2D eigenvalue weighted by molar-refractivity contribution is 7.86. The van der Waals surface area contributed by atoms with Crippen molar-refractivity contribution in [2.75, 3.05) is 5.75 Å². The van der Waals surface area contributed by atoms with Crippen molar-refractivity contribution in [2.45, 2.75) is 89.6 Å². The molecule has 9 heteroatoms. The number of halogens is 3. The molecule has 6 atom stereocenters. The van der Waals surface area contributed by atoms with Crippen molar-refractivity contribution in [1.29, 1.82) is 0 Å². The van der Waals surface area contributed by atoms with Gasteiger partial charge in [0.05, 0.1) is 0 Å². The third-order valence-corrected chi connectivity index (χ3v) is 9.20. The maximum atomic E-state index is 14.5. The van der Waals surface area contributed by atoms with Crippen LogP contribution in [0, 0.1) is 29.3 Å². The molecule has 2 saturated heterocycles. The highest BCUT2D eigenvalue weighted by atomic mass is 32.2. The van der Waals surface area contributed by atoms with E-state index in [-0.39, 0.29) is 47.7 Å². The monoisotopic (exact) mass is 500 g/mol. The third kappa shape index (κ3) is 6.01. The van der Waals surface area contributed by atoms with Gasteiger partial charge in [0, 0.05) is 46.4 Å². The Hall–Kier alpha value is -1.90. The molecule has 2 amide bonds. The Labute approximate surface area is 202 Å². The molecular weight excluding hydrogens is 465 g/mol. The predicted octanol–water partition coefficient (Wildman–Crippen LogP) is 4.10. The van der Waals surface area contributed by atoms with Crippen molar-refractivity contribution in [3.8, 4) is 0 Å². The summed E-state index contributed by atoms with van der Waals surface area (Å²) in [6, 6.07) is 0.843. The number of fused-ring (bicyclic) bond motifs is 2. The van der Waals surface area contributed by atoms with E-state index in [1.54, 1.807) is 6.92 Å². The summed E-state index contributed by atoms with van der Waals surface area (Å²) in [5.74, 6) is -3.31. The van der Waals surface area contributed by atoms with Crippen LogP contribution in [0.25, 0.3) is 0 Å². The number of carbonyl (C=O) groups is 2. The average molecular weight is 501 g/mol. The van der Waals surface area contributed by atoms with Gasteiger partial charge in [-0.3, -0.25) is 13.8 Å². The van der Waals surface area contributed by atoms with Gasteiger partial charge in [-0.2, -0.15) is 0 Å². The lowest BCUT2D eigenvalue weighted by molar-refractivity contribution is -0.140. The number of piperidine rings is 1. The van der Waals surface area contributed by atoms with Crippen molar-refractivity contribution in [3.05, 3.63) is 35.1 Å². The van der Waals surface area contributed by atoms with E-state index in [1.807, 2.05) is 25.7 Å². The van der Waals surface area contributed by atoms with Gasteiger partial charge in [-0.15, -0.1) is 0 Å². The maximum Gasteiger partial charge on any atom is 0.245 e. The van der Waals surface area contributed by atoms with E-state index >= 15 is 0 Å². The lowest BCUT2D eigenvalue weighted by atomic mass is 9.78. The number of hydrogen-bond donors (Lipinski definition) is 1. The van der Waals surface area contributed by atoms with Gasteiger partial charge >= 0.3 is 0 Å². The molecule has 2 heterocycles. The lowest BCUT2D eigenvalue weighted by Crippen LogP contribution is -2.54. The Morgan fingerprint density at radius 1 is 1.09 bits per heavy atom. The van der Waals surface area contributed by atoms with Crippen LogP contribution in [0.2, 0.25) is 0 Å². The number of nitrogens with zero attached hydrogens (tertiary/aromatic N) is 1. The van der Waals surface area contributed by atoms with Crippen molar-refractivity contribution in [1.82, 2.24) is 10.2 Å². The van der Waals surface area contributed by atoms with Crippen LogP contribution in [-0.2, 0) is 26.8 Å². The van der Waals surface area contributed by atoms with Gasteiger partial charge in [-0.25, -0.2) is 13.2 Å². The van der Waals surface area contributed by atoms with E-state index in [2.05, 4.69) is 5.32 Å². The number of nitrogens with one attached hydrogen (secondary N) is 1. The fraction of sp³-hybridized carbons (Fsp3) is 0.680. The second-order valence-corrected chi connectivity index (χ2v) is 13.0. The summed E-state index contributed by atoms with van der Waals surface area (Å²) in [7, 11) is -1.21. The summed E-state index contributed by atoms with van der Waals surface area (Å²) < 4.78 is 54.4. The smallest absolute Gasteiger partial charge is 0.245 e. The van der Waals surface area contributed by atoms with Crippen molar-refractivity contribution >= 4 is 22.6 Å². The van der Waals surface area contributed by atoms with Crippen LogP contribution in [0.1, 0.15) is 65.9 Å². The lowest BCUT2D eigenvalue weighted by Gasteiger charge is -2.43. The molecule has 3 rings (SSSR count). The Kier molecular flexibility index (Phi) is 8.15. The Morgan fingerprint density at radius 2 is 1.65 bits per heavy atom. The quantitative estimate of drug-likeness (QED) is 0.573. The molecule has 5 nitrogen and oxygen atoms in total. The number of amides is 2. The van der Waals surface area contributed by atoms with Gasteiger partial charge < -0.3 is 10.2 Å². The van der Waals surface area contributed by atoms with E-state index in [1.165, 1.54) is 6.92 Å². The van der Waals surface area contributed by atoms with Crippen LogP contribution >= 0.6 is 0 Å². The van der Waals surface area contributed by atoms with Crippen molar-refractivity contribution < 1.29 is 27.0 Å². The number of benzene rings is 1. The minimum absolute atomic E-state index is 0.00664. The van der Waals surface area contributed by atoms with E-state index in [4.69, 9.17) is 0 Å². The topological polar surface area (TPSA) is 66.5 Å². The molecule has 0 spiro atoms. The van der Waals surface area contributed by atoms with Crippen LogP contribution in [0.5, 0.6) is 0 Å². The van der Waals surface area contributed by atoms with Gasteiger partial charge in [-0.05, 0) is 83.3 Å². The zero-order chi connectivity index (χ0) is 25.4. The van der Waals surface area contributed by atoms with E-state index in [0.29, 0.717) is 24.7 Å². The number of carbonyl (C=O) groups excluding carboxylic acids is 2.